The summed E-state index contributed by atoms with van der Waals surface area (Å²) in [5.74, 6) is -3.02. The molecule has 2 rings (SSSR count). The Bertz CT molecular complexity index is 476. The van der Waals surface area contributed by atoms with Gasteiger partial charge in [-0.3, -0.25) is 5.10 Å². The highest BCUT2D eigenvalue weighted by Crippen LogP contribution is 2.31. The number of rotatable bonds is 2. The quantitative estimate of drug-likeness (QED) is 0.810. The van der Waals surface area contributed by atoms with Crippen LogP contribution in [0.15, 0.2) is 24.4 Å². The van der Waals surface area contributed by atoms with Crippen molar-refractivity contribution in [3.05, 3.63) is 53.1 Å². The van der Waals surface area contributed by atoms with Gasteiger partial charge in [0.25, 0.3) is 0 Å². The minimum atomic E-state index is -1.07. The van der Waals surface area contributed by atoms with Crippen molar-refractivity contribution in [2.24, 2.45) is 0 Å². The molecule has 16 heavy (non-hydrogen) atoms. The monoisotopic (exact) mass is 246 g/mol. The largest absolute Gasteiger partial charge is 0.281 e. The van der Waals surface area contributed by atoms with Crippen molar-refractivity contribution in [3.63, 3.8) is 0 Å². The summed E-state index contributed by atoms with van der Waals surface area (Å²) in [4.78, 5) is 0. The molecule has 84 valence electrons. The second-order valence-electron chi connectivity index (χ2n) is 3.16. The van der Waals surface area contributed by atoms with Gasteiger partial charge in [0.2, 0.25) is 0 Å². The Kier molecular flexibility index (Phi) is 2.87. The first-order valence-corrected chi connectivity index (χ1v) is 4.81. The maximum Gasteiger partial charge on any atom is 0.134 e. The molecule has 2 aromatic rings. The van der Waals surface area contributed by atoms with E-state index in [0.717, 1.165) is 0 Å². The number of nitrogens with zero attached hydrogens (tertiary/aromatic N) is 1. The molecule has 0 bridgehead atoms. The molecule has 1 N–H and O–H groups in total. The molecule has 1 atom stereocenters. The summed E-state index contributed by atoms with van der Waals surface area (Å²) in [6.45, 7) is 0. The van der Waals surface area contributed by atoms with Gasteiger partial charge < -0.3 is 0 Å². The van der Waals surface area contributed by atoms with Crippen molar-refractivity contribution in [3.8, 4) is 0 Å². The van der Waals surface area contributed by atoms with E-state index in [2.05, 4.69) is 10.2 Å². The van der Waals surface area contributed by atoms with Crippen LogP contribution in [-0.2, 0) is 0 Å². The third kappa shape index (κ3) is 1.90. The van der Waals surface area contributed by atoms with Gasteiger partial charge in [-0.2, -0.15) is 5.10 Å². The van der Waals surface area contributed by atoms with Crippen molar-refractivity contribution in [1.29, 1.82) is 0 Å². The minimum Gasteiger partial charge on any atom is -0.281 e. The molecule has 2 nitrogen and oxygen atoms in total. The Morgan fingerprint density at radius 3 is 2.31 bits per heavy atom. The minimum absolute atomic E-state index is 0.339. The van der Waals surface area contributed by atoms with Crippen LogP contribution in [0.5, 0.6) is 0 Å². The number of halogens is 4. The number of alkyl halides is 1. The Morgan fingerprint density at radius 1 is 1.19 bits per heavy atom. The fourth-order valence-corrected chi connectivity index (χ4v) is 1.69. The van der Waals surface area contributed by atoms with Crippen LogP contribution in [-0.4, -0.2) is 10.2 Å². The van der Waals surface area contributed by atoms with Gasteiger partial charge in [-0.25, -0.2) is 13.2 Å². The van der Waals surface area contributed by atoms with E-state index in [4.69, 9.17) is 11.6 Å². The predicted molar refractivity (Wildman–Crippen MR) is 52.6 cm³/mol. The number of aromatic nitrogens is 2. The molecule has 1 aromatic carbocycles. The number of H-pyrrole nitrogens is 1. The van der Waals surface area contributed by atoms with Crippen LogP contribution in [0, 0.1) is 17.5 Å². The van der Waals surface area contributed by atoms with Crippen molar-refractivity contribution < 1.29 is 13.2 Å². The standard InChI is InChI=1S/C10H6ClF3N2/c11-10(8-1-2-15-16-8)9-6(13)3-5(12)4-7(9)14/h1-4,10H,(H,15,16). The lowest BCUT2D eigenvalue weighted by molar-refractivity contribution is 0.525. The molecule has 6 heteroatoms. The van der Waals surface area contributed by atoms with E-state index in [9.17, 15) is 13.2 Å². The number of nitrogens with one attached hydrogen (secondary N) is 1. The Hall–Kier alpha value is -1.49. The molecule has 0 spiro atoms. The van der Waals surface area contributed by atoms with E-state index in [1.54, 1.807) is 0 Å². The van der Waals surface area contributed by atoms with E-state index >= 15 is 0 Å². The van der Waals surface area contributed by atoms with Crippen LogP contribution in [0.2, 0.25) is 0 Å². The summed E-state index contributed by atoms with van der Waals surface area (Å²) in [5, 5.41) is 5.05. The van der Waals surface area contributed by atoms with Crippen molar-refractivity contribution >= 4 is 11.6 Å². The normalized spacial score (nSPS) is 12.8. The molecule has 0 saturated heterocycles. The van der Waals surface area contributed by atoms with Crippen LogP contribution in [0.4, 0.5) is 13.2 Å². The lowest BCUT2D eigenvalue weighted by atomic mass is 10.1. The van der Waals surface area contributed by atoms with Gasteiger partial charge >= 0.3 is 0 Å². The third-order valence-electron chi connectivity index (χ3n) is 2.09. The molecule has 1 unspecified atom stereocenters. The van der Waals surface area contributed by atoms with Crippen LogP contribution >= 0.6 is 11.6 Å². The summed E-state index contributed by atoms with van der Waals surface area (Å²) in [5.41, 5.74) is -0.0570. The molecule has 0 radical (unpaired) electrons. The van der Waals surface area contributed by atoms with Gasteiger partial charge in [-0.05, 0) is 6.07 Å². The van der Waals surface area contributed by atoms with Crippen molar-refractivity contribution in [2.75, 3.05) is 0 Å². The zero-order chi connectivity index (χ0) is 11.7. The van der Waals surface area contributed by atoms with Crippen LogP contribution in [0.3, 0.4) is 0 Å². The number of aromatic amines is 1. The number of hydrogen-bond acceptors (Lipinski definition) is 1. The zero-order valence-electron chi connectivity index (χ0n) is 7.85. The van der Waals surface area contributed by atoms with E-state index in [1.807, 2.05) is 0 Å². The molecular weight excluding hydrogens is 241 g/mol. The first-order valence-electron chi connectivity index (χ1n) is 4.37. The highest BCUT2D eigenvalue weighted by Gasteiger charge is 2.21. The van der Waals surface area contributed by atoms with Gasteiger partial charge in [-0.15, -0.1) is 11.6 Å². The van der Waals surface area contributed by atoms with E-state index in [1.165, 1.54) is 12.3 Å². The lowest BCUT2D eigenvalue weighted by Gasteiger charge is -2.10. The Balaban J connectivity index is 2.48. The SMILES string of the molecule is Fc1cc(F)c(C(Cl)c2ccn[nH]2)c(F)c1. The fourth-order valence-electron chi connectivity index (χ4n) is 1.36. The molecule has 0 saturated carbocycles. The summed E-state index contributed by atoms with van der Waals surface area (Å²) >= 11 is 5.86. The maximum absolute atomic E-state index is 13.4. The number of hydrogen-bond donors (Lipinski definition) is 1. The lowest BCUT2D eigenvalue weighted by Crippen LogP contribution is -2.02. The average Bonchev–Trinajstić information content (AvgIpc) is 2.67. The summed E-state index contributed by atoms with van der Waals surface area (Å²) in [6.07, 6.45) is 1.41. The molecule has 0 aliphatic rings. The number of benzene rings is 1. The van der Waals surface area contributed by atoms with Crippen LogP contribution in [0.1, 0.15) is 16.6 Å². The first kappa shape index (κ1) is 11.0. The summed E-state index contributed by atoms with van der Waals surface area (Å²) < 4.78 is 39.4. The van der Waals surface area contributed by atoms with Crippen LogP contribution < -0.4 is 0 Å². The highest BCUT2D eigenvalue weighted by atomic mass is 35.5. The topological polar surface area (TPSA) is 28.7 Å². The van der Waals surface area contributed by atoms with E-state index in [-0.39, 0.29) is 0 Å². The van der Waals surface area contributed by atoms with Gasteiger partial charge in [-0.1, -0.05) is 0 Å². The molecule has 0 fully saturated rings. The summed E-state index contributed by atoms with van der Waals surface area (Å²) in [7, 11) is 0. The Labute approximate surface area is 94.1 Å². The average molecular weight is 247 g/mol. The maximum atomic E-state index is 13.4. The second-order valence-corrected chi connectivity index (χ2v) is 3.59. The third-order valence-corrected chi connectivity index (χ3v) is 2.55. The molecular formula is C10H6ClF3N2. The van der Waals surface area contributed by atoms with E-state index < -0.39 is 28.4 Å². The molecule has 0 amide bonds. The van der Waals surface area contributed by atoms with Gasteiger partial charge in [0, 0.05) is 23.9 Å². The first-order chi connectivity index (χ1) is 7.59. The van der Waals surface area contributed by atoms with Gasteiger partial charge in [0.1, 0.15) is 22.8 Å². The van der Waals surface area contributed by atoms with E-state index in [0.29, 0.717) is 17.8 Å². The molecule has 1 aromatic heterocycles. The van der Waals surface area contributed by atoms with Crippen molar-refractivity contribution in [2.45, 2.75) is 5.38 Å². The fraction of sp³-hybridized carbons (Fsp3) is 0.100. The van der Waals surface area contributed by atoms with Crippen LogP contribution in [0.25, 0.3) is 0 Å². The van der Waals surface area contributed by atoms with Crippen molar-refractivity contribution in [1.82, 2.24) is 10.2 Å². The molecule has 0 aliphatic heterocycles. The smallest absolute Gasteiger partial charge is 0.134 e. The van der Waals surface area contributed by atoms with Gasteiger partial charge in [0.05, 0.1) is 5.69 Å². The molecule has 0 aliphatic carbocycles. The Morgan fingerprint density at radius 2 is 1.81 bits per heavy atom. The zero-order valence-corrected chi connectivity index (χ0v) is 8.60. The summed E-state index contributed by atoms with van der Waals surface area (Å²) in [6, 6.07) is 2.66. The molecule has 1 heterocycles. The predicted octanol–water partition coefficient (Wildman–Crippen LogP) is 3.16. The highest BCUT2D eigenvalue weighted by molar-refractivity contribution is 6.22. The second kappa shape index (κ2) is 4.17. The van der Waals surface area contributed by atoms with Gasteiger partial charge in [0.15, 0.2) is 0 Å².